The Morgan fingerprint density at radius 3 is 2.39 bits per heavy atom. The Balaban J connectivity index is 1.42. The van der Waals surface area contributed by atoms with Crippen molar-refractivity contribution in [2.45, 2.75) is 30.8 Å². The molecule has 2 fully saturated rings. The van der Waals surface area contributed by atoms with Gasteiger partial charge in [-0.05, 0) is 36.6 Å². The van der Waals surface area contributed by atoms with E-state index in [1.54, 1.807) is 24.0 Å². The summed E-state index contributed by atoms with van der Waals surface area (Å²) < 4.78 is 52.0. The second kappa shape index (κ2) is 9.54. The van der Waals surface area contributed by atoms with Gasteiger partial charge in [-0.3, -0.25) is 9.69 Å². The van der Waals surface area contributed by atoms with E-state index in [1.807, 2.05) is 30.3 Å². The molecule has 0 spiro atoms. The molecule has 2 aliphatic rings. The number of hydrogen-bond donors (Lipinski definition) is 1. The first-order valence-electron chi connectivity index (χ1n) is 11.0. The number of sulfone groups is 1. The first-order chi connectivity index (χ1) is 15.6. The average molecular weight is 492 g/mol. The van der Waals surface area contributed by atoms with Crippen LogP contribution in [0.5, 0.6) is 0 Å². The maximum atomic E-state index is 13.1. The van der Waals surface area contributed by atoms with E-state index < -0.39 is 19.9 Å². The van der Waals surface area contributed by atoms with Crippen molar-refractivity contribution in [2.75, 3.05) is 37.7 Å². The first kappa shape index (κ1) is 23.9. The summed E-state index contributed by atoms with van der Waals surface area (Å²) >= 11 is 0. The molecule has 4 rings (SSSR count). The number of sulfonamides is 1. The van der Waals surface area contributed by atoms with Crippen molar-refractivity contribution in [3.8, 4) is 0 Å². The number of benzene rings is 2. The lowest BCUT2D eigenvalue weighted by Crippen LogP contribution is -2.52. The molecule has 178 valence electrons. The predicted octanol–water partition coefficient (Wildman–Crippen LogP) is 1.42. The molecule has 2 aromatic rings. The van der Waals surface area contributed by atoms with Crippen LogP contribution in [0, 0.1) is 6.92 Å². The zero-order valence-electron chi connectivity index (χ0n) is 18.6. The van der Waals surface area contributed by atoms with Crippen LogP contribution in [0.25, 0.3) is 0 Å². The van der Waals surface area contributed by atoms with Crippen molar-refractivity contribution in [3.05, 3.63) is 65.2 Å². The summed E-state index contributed by atoms with van der Waals surface area (Å²) in [7, 11) is -6.74. The summed E-state index contributed by atoms with van der Waals surface area (Å²) in [6.07, 6.45) is 0.644. The Labute approximate surface area is 195 Å². The Morgan fingerprint density at radius 2 is 1.76 bits per heavy atom. The van der Waals surface area contributed by atoms with Crippen molar-refractivity contribution < 1.29 is 21.6 Å². The van der Waals surface area contributed by atoms with Crippen LogP contribution in [0.2, 0.25) is 0 Å². The zero-order chi connectivity index (χ0) is 23.6. The highest BCUT2D eigenvalue weighted by Gasteiger charge is 2.34. The first-order valence-corrected chi connectivity index (χ1v) is 14.3. The molecule has 0 bridgehead atoms. The van der Waals surface area contributed by atoms with E-state index in [4.69, 9.17) is 0 Å². The minimum Gasteiger partial charge on any atom is -0.336 e. The maximum absolute atomic E-state index is 13.1. The van der Waals surface area contributed by atoms with E-state index >= 15 is 0 Å². The van der Waals surface area contributed by atoms with Gasteiger partial charge in [-0.1, -0.05) is 36.4 Å². The molecule has 2 heterocycles. The Kier molecular flexibility index (Phi) is 6.90. The van der Waals surface area contributed by atoms with Gasteiger partial charge < -0.3 is 4.90 Å². The Bertz CT molecular complexity index is 1220. The van der Waals surface area contributed by atoms with Crippen LogP contribution in [-0.2, 0) is 26.4 Å². The molecule has 2 aromatic carbocycles. The topological polar surface area (TPSA) is 104 Å². The number of carbonyl (C=O) groups excluding carboxylic acids is 1. The van der Waals surface area contributed by atoms with Crippen molar-refractivity contribution in [1.29, 1.82) is 0 Å². The third-order valence-corrected chi connectivity index (χ3v) is 9.65. The van der Waals surface area contributed by atoms with Crippen molar-refractivity contribution in [3.63, 3.8) is 0 Å². The summed E-state index contributed by atoms with van der Waals surface area (Å²) in [4.78, 5) is 17.0. The number of carbonyl (C=O) groups is 1. The molecule has 1 atom stereocenters. The summed E-state index contributed by atoms with van der Waals surface area (Å²) in [6, 6.07) is 14.0. The second-order valence-electron chi connectivity index (χ2n) is 8.68. The zero-order valence-corrected chi connectivity index (χ0v) is 20.2. The van der Waals surface area contributed by atoms with Gasteiger partial charge >= 0.3 is 0 Å². The lowest BCUT2D eigenvalue weighted by molar-refractivity contribution is 0.0587. The van der Waals surface area contributed by atoms with Crippen LogP contribution in [0.4, 0.5) is 0 Å². The fourth-order valence-electron chi connectivity index (χ4n) is 4.41. The summed E-state index contributed by atoms with van der Waals surface area (Å²) in [6.45, 7) is 4.07. The van der Waals surface area contributed by atoms with Crippen LogP contribution in [0.1, 0.15) is 27.9 Å². The van der Waals surface area contributed by atoms with Gasteiger partial charge in [0.2, 0.25) is 10.0 Å². The van der Waals surface area contributed by atoms with E-state index in [0.29, 0.717) is 43.7 Å². The standard InChI is InChI=1S/C23H29N3O5S2/c1-18-7-8-20(15-22(18)33(30,31)24-16-19-5-3-2-4-6-19)23(27)26-12-10-25(11-13-26)21-9-14-32(28,29)17-21/h2-8,15,21,24H,9-14,16-17H2,1H3/t21-/m1/s1. The third-order valence-electron chi connectivity index (χ3n) is 6.36. The van der Waals surface area contributed by atoms with Crippen molar-refractivity contribution in [1.82, 2.24) is 14.5 Å². The molecule has 2 aliphatic heterocycles. The van der Waals surface area contributed by atoms with Gasteiger partial charge in [0.1, 0.15) is 0 Å². The van der Waals surface area contributed by atoms with Crippen LogP contribution < -0.4 is 4.72 Å². The van der Waals surface area contributed by atoms with Crippen molar-refractivity contribution >= 4 is 25.8 Å². The largest absolute Gasteiger partial charge is 0.336 e. The molecule has 0 radical (unpaired) electrons. The normalized spacial score (nSPS) is 21.2. The van der Waals surface area contributed by atoms with E-state index in [2.05, 4.69) is 9.62 Å². The van der Waals surface area contributed by atoms with Gasteiger partial charge in [0.15, 0.2) is 9.84 Å². The van der Waals surface area contributed by atoms with Crippen LogP contribution >= 0.6 is 0 Å². The van der Waals surface area contributed by atoms with E-state index in [1.165, 1.54) is 6.07 Å². The van der Waals surface area contributed by atoms with Crippen LogP contribution in [0.15, 0.2) is 53.4 Å². The summed E-state index contributed by atoms with van der Waals surface area (Å²) in [5.74, 6) is 0.208. The molecule has 0 saturated carbocycles. The van der Waals surface area contributed by atoms with Crippen LogP contribution in [-0.4, -0.2) is 76.3 Å². The lowest BCUT2D eigenvalue weighted by atomic mass is 10.1. The molecular weight excluding hydrogens is 462 g/mol. The highest BCUT2D eigenvalue weighted by Crippen LogP contribution is 2.22. The number of nitrogens with zero attached hydrogens (tertiary/aromatic N) is 2. The fourth-order valence-corrected chi connectivity index (χ4v) is 7.46. The van der Waals surface area contributed by atoms with E-state index in [9.17, 15) is 21.6 Å². The molecule has 10 heteroatoms. The maximum Gasteiger partial charge on any atom is 0.253 e. The molecule has 1 amide bonds. The van der Waals surface area contributed by atoms with Gasteiger partial charge in [-0.15, -0.1) is 0 Å². The highest BCUT2D eigenvalue weighted by atomic mass is 32.2. The molecular formula is C23H29N3O5S2. The number of hydrogen-bond acceptors (Lipinski definition) is 6. The molecule has 0 aliphatic carbocycles. The summed E-state index contributed by atoms with van der Waals surface area (Å²) in [5, 5.41) is 0. The average Bonchev–Trinajstić information content (AvgIpc) is 3.18. The predicted molar refractivity (Wildman–Crippen MR) is 126 cm³/mol. The fraction of sp³-hybridized carbons (Fsp3) is 0.435. The molecule has 33 heavy (non-hydrogen) atoms. The van der Waals surface area contributed by atoms with E-state index in [0.717, 1.165) is 5.56 Å². The van der Waals surface area contributed by atoms with Gasteiger partial charge in [0, 0.05) is 44.3 Å². The van der Waals surface area contributed by atoms with Crippen molar-refractivity contribution in [2.24, 2.45) is 0 Å². The summed E-state index contributed by atoms with van der Waals surface area (Å²) in [5.41, 5.74) is 1.75. The number of aryl methyl sites for hydroxylation is 1. The number of piperazine rings is 1. The lowest BCUT2D eigenvalue weighted by Gasteiger charge is -2.37. The molecule has 1 N–H and O–H groups in total. The van der Waals surface area contributed by atoms with Gasteiger partial charge in [-0.25, -0.2) is 21.6 Å². The van der Waals surface area contributed by atoms with Crippen LogP contribution in [0.3, 0.4) is 0 Å². The minimum absolute atomic E-state index is 0.0269. The molecule has 8 nitrogen and oxygen atoms in total. The molecule has 0 unspecified atom stereocenters. The Morgan fingerprint density at radius 1 is 1.06 bits per heavy atom. The smallest absolute Gasteiger partial charge is 0.253 e. The molecule has 0 aromatic heterocycles. The van der Waals surface area contributed by atoms with Gasteiger partial charge in [0.25, 0.3) is 5.91 Å². The van der Waals surface area contributed by atoms with E-state index in [-0.39, 0.29) is 34.9 Å². The second-order valence-corrected chi connectivity index (χ2v) is 12.6. The minimum atomic E-state index is -3.79. The SMILES string of the molecule is Cc1ccc(C(=O)N2CCN([C@@H]3CCS(=O)(=O)C3)CC2)cc1S(=O)(=O)NCc1ccccc1. The van der Waals surface area contributed by atoms with Gasteiger partial charge in [0.05, 0.1) is 16.4 Å². The highest BCUT2D eigenvalue weighted by molar-refractivity contribution is 7.91. The number of nitrogens with one attached hydrogen (secondary N) is 1. The quantitative estimate of drug-likeness (QED) is 0.656. The monoisotopic (exact) mass is 491 g/mol. The third kappa shape index (κ3) is 5.63. The Hall–Kier alpha value is -2.27. The number of rotatable bonds is 6. The molecule has 2 saturated heterocycles. The number of amides is 1. The van der Waals surface area contributed by atoms with Gasteiger partial charge in [-0.2, -0.15) is 0 Å².